The van der Waals surface area contributed by atoms with Crippen molar-refractivity contribution in [3.63, 3.8) is 0 Å². The Balaban J connectivity index is 2.23. The maximum absolute atomic E-state index is 12.9. The van der Waals surface area contributed by atoms with E-state index in [9.17, 15) is 4.39 Å². The Hall–Kier alpha value is -1.35. The Kier molecular flexibility index (Phi) is 3.25. The minimum absolute atomic E-state index is 0.294. The second-order valence-corrected chi connectivity index (χ2v) is 4.56. The molecule has 82 valence electrons. The van der Waals surface area contributed by atoms with Crippen LogP contribution < -0.4 is 5.73 Å². The normalized spacial score (nSPS) is 10.4. The van der Waals surface area contributed by atoms with Crippen molar-refractivity contribution >= 4 is 21.6 Å². The molecule has 16 heavy (non-hydrogen) atoms. The number of halogens is 2. The van der Waals surface area contributed by atoms with Crippen molar-refractivity contribution in [3.8, 4) is 0 Å². The van der Waals surface area contributed by atoms with E-state index >= 15 is 0 Å². The van der Waals surface area contributed by atoms with E-state index in [4.69, 9.17) is 5.73 Å². The minimum Gasteiger partial charge on any atom is -0.398 e. The summed E-state index contributed by atoms with van der Waals surface area (Å²) in [4.78, 5) is 0. The van der Waals surface area contributed by atoms with Crippen molar-refractivity contribution in [3.05, 3.63) is 63.9 Å². The van der Waals surface area contributed by atoms with Gasteiger partial charge in [-0.15, -0.1) is 0 Å². The van der Waals surface area contributed by atoms with Crippen molar-refractivity contribution in [2.24, 2.45) is 0 Å². The highest BCUT2D eigenvalue weighted by Gasteiger charge is 2.02. The van der Waals surface area contributed by atoms with Gasteiger partial charge in [-0.25, -0.2) is 4.39 Å². The van der Waals surface area contributed by atoms with Crippen molar-refractivity contribution in [1.29, 1.82) is 0 Å². The molecule has 0 aromatic heterocycles. The van der Waals surface area contributed by atoms with Crippen LogP contribution in [0.4, 0.5) is 10.1 Å². The first-order valence-corrected chi connectivity index (χ1v) is 5.73. The van der Waals surface area contributed by atoms with E-state index in [0.29, 0.717) is 5.69 Å². The second-order valence-electron chi connectivity index (χ2n) is 3.65. The smallest absolute Gasteiger partial charge is 0.125 e. The van der Waals surface area contributed by atoms with Crippen LogP contribution in [0.1, 0.15) is 11.1 Å². The lowest BCUT2D eigenvalue weighted by Crippen LogP contribution is -1.96. The topological polar surface area (TPSA) is 26.0 Å². The van der Waals surface area contributed by atoms with Crippen molar-refractivity contribution in [1.82, 2.24) is 0 Å². The first kappa shape index (κ1) is 11.1. The number of hydrogen-bond acceptors (Lipinski definition) is 1. The fourth-order valence-electron chi connectivity index (χ4n) is 1.55. The van der Waals surface area contributed by atoms with Gasteiger partial charge in [0, 0.05) is 10.2 Å². The molecule has 0 bridgehead atoms. The fraction of sp³-hybridized carbons (Fsp3) is 0.0769. The minimum atomic E-state index is -0.294. The number of nitrogen functional groups attached to an aromatic ring is 1. The molecule has 2 aromatic rings. The third-order valence-corrected chi connectivity index (χ3v) is 2.94. The first-order valence-electron chi connectivity index (χ1n) is 4.93. The molecule has 0 aliphatic rings. The molecule has 0 spiro atoms. The zero-order valence-corrected chi connectivity index (χ0v) is 10.2. The van der Waals surface area contributed by atoms with Gasteiger partial charge in [0.05, 0.1) is 0 Å². The maximum atomic E-state index is 12.9. The highest BCUT2D eigenvalue weighted by atomic mass is 79.9. The van der Waals surface area contributed by atoms with Gasteiger partial charge in [-0.2, -0.15) is 0 Å². The van der Waals surface area contributed by atoms with Gasteiger partial charge in [0.1, 0.15) is 5.82 Å². The molecular formula is C13H11BrFN. The molecule has 2 aromatic carbocycles. The summed E-state index contributed by atoms with van der Waals surface area (Å²) >= 11 is 3.38. The zero-order chi connectivity index (χ0) is 11.5. The Morgan fingerprint density at radius 1 is 1.06 bits per heavy atom. The number of hydrogen-bond donors (Lipinski definition) is 1. The molecule has 0 fully saturated rings. The van der Waals surface area contributed by atoms with Crippen LogP contribution in [0.25, 0.3) is 0 Å². The largest absolute Gasteiger partial charge is 0.398 e. The lowest BCUT2D eigenvalue weighted by Gasteiger charge is -2.06. The van der Waals surface area contributed by atoms with Crippen molar-refractivity contribution in [2.45, 2.75) is 6.42 Å². The number of rotatable bonds is 2. The van der Waals surface area contributed by atoms with Gasteiger partial charge in [0.25, 0.3) is 0 Å². The van der Waals surface area contributed by atoms with Gasteiger partial charge >= 0.3 is 0 Å². The van der Waals surface area contributed by atoms with Gasteiger partial charge in [0.15, 0.2) is 0 Å². The molecule has 2 rings (SSSR count). The number of anilines is 1. The van der Waals surface area contributed by atoms with Crippen LogP contribution in [-0.2, 0) is 6.42 Å². The first-order chi connectivity index (χ1) is 7.65. The van der Waals surface area contributed by atoms with E-state index in [2.05, 4.69) is 15.9 Å². The van der Waals surface area contributed by atoms with Gasteiger partial charge in [-0.3, -0.25) is 0 Å². The van der Waals surface area contributed by atoms with E-state index in [-0.39, 0.29) is 5.82 Å². The van der Waals surface area contributed by atoms with Crippen LogP contribution in [0.2, 0.25) is 0 Å². The van der Waals surface area contributed by atoms with Crippen LogP contribution in [0.5, 0.6) is 0 Å². The van der Waals surface area contributed by atoms with Crippen LogP contribution in [0.3, 0.4) is 0 Å². The SMILES string of the molecule is Nc1cc(F)ccc1Cc1ccc(Br)cc1. The van der Waals surface area contributed by atoms with E-state index in [0.717, 1.165) is 22.0 Å². The Labute approximate surface area is 102 Å². The molecule has 0 unspecified atom stereocenters. The van der Waals surface area contributed by atoms with E-state index in [1.165, 1.54) is 12.1 Å². The summed E-state index contributed by atoms with van der Waals surface area (Å²) < 4.78 is 13.9. The predicted octanol–water partition coefficient (Wildman–Crippen LogP) is 3.76. The van der Waals surface area contributed by atoms with Crippen molar-refractivity contribution < 1.29 is 4.39 Å². The lowest BCUT2D eigenvalue weighted by molar-refractivity contribution is 0.628. The van der Waals surface area contributed by atoms with E-state index < -0.39 is 0 Å². The molecule has 1 nitrogen and oxygen atoms in total. The predicted molar refractivity (Wildman–Crippen MR) is 67.8 cm³/mol. The number of benzene rings is 2. The fourth-order valence-corrected chi connectivity index (χ4v) is 1.81. The monoisotopic (exact) mass is 279 g/mol. The van der Waals surface area contributed by atoms with Crippen molar-refractivity contribution in [2.75, 3.05) is 5.73 Å². The third-order valence-electron chi connectivity index (χ3n) is 2.42. The van der Waals surface area contributed by atoms with Crippen LogP contribution >= 0.6 is 15.9 Å². The number of nitrogens with two attached hydrogens (primary N) is 1. The molecule has 3 heteroatoms. The molecule has 0 aliphatic carbocycles. The molecule has 2 N–H and O–H groups in total. The Morgan fingerprint density at radius 3 is 2.38 bits per heavy atom. The van der Waals surface area contributed by atoms with E-state index in [1.807, 2.05) is 24.3 Å². The van der Waals surface area contributed by atoms with Crippen LogP contribution in [0, 0.1) is 5.82 Å². The third kappa shape index (κ3) is 2.61. The Bertz CT molecular complexity index is 494. The highest BCUT2D eigenvalue weighted by Crippen LogP contribution is 2.19. The maximum Gasteiger partial charge on any atom is 0.125 e. The van der Waals surface area contributed by atoms with Crippen LogP contribution in [-0.4, -0.2) is 0 Å². The lowest BCUT2D eigenvalue weighted by atomic mass is 10.0. The summed E-state index contributed by atoms with van der Waals surface area (Å²) in [5, 5.41) is 0. The van der Waals surface area contributed by atoms with Gasteiger partial charge in [-0.05, 0) is 41.8 Å². The summed E-state index contributed by atoms with van der Waals surface area (Å²) in [5.41, 5.74) is 8.35. The average molecular weight is 280 g/mol. The molecule has 0 saturated heterocycles. The molecule has 0 radical (unpaired) electrons. The van der Waals surface area contributed by atoms with Crippen LogP contribution in [0.15, 0.2) is 46.9 Å². The standard InChI is InChI=1S/C13H11BrFN/c14-11-4-1-9(2-5-11)7-10-3-6-12(15)8-13(10)16/h1-6,8H,7,16H2. The Morgan fingerprint density at radius 2 is 1.75 bits per heavy atom. The summed E-state index contributed by atoms with van der Waals surface area (Å²) in [6.07, 6.45) is 0.722. The van der Waals surface area contributed by atoms with Gasteiger partial charge < -0.3 is 5.73 Å². The molecular weight excluding hydrogens is 269 g/mol. The highest BCUT2D eigenvalue weighted by molar-refractivity contribution is 9.10. The summed E-state index contributed by atoms with van der Waals surface area (Å²) in [7, 11) is 0. The molecule has 0 heterocycles. The molecule has 0 amide bonds. The quantitative estimate of drug-likeness (QED) is 0.833. The van der Waals surface area contributed by atoms with Gasteiger partial charge in [0.2, 0.25) is 0 Å². The van der Waals surface area contributed by atoms with Gasteiger partial charge in [-0.1, -0.05) is 34.1 Å². The zero-order valence-electron chi connectivity index (χ0n) is 8.58. The second kappa shape index (κ2) is 4.66. The summed E-state index contributed by atoms with van der Waals surface area (Å²) in [6, 6.07) is 12.5. The summed E-state index contributed by atoms with van der Waals surface area (Å²) in [5.74, 6) is -0.294. The van der Waals surface area contributed by atoms with E-state index in [1.54, 1.807) is 6.07 Å². The molecule has 0 aliphatic heterocycles. The summed E-state index contributed by atoms with van der Waals surface area (Å²) in [6.45, 7) is 0. The molecule has 0 atom stereocenters. The average Bonchev–Trinajstić information content (AvgIpc) is 2.25. The molecule has 0 saturated carbocycles.